The number of hydrogen-bond acceptors (Lipinski definition) is 8. The van der Waals surface area contributed by atoms with E-state index in [1.807, 2.05) is 6.07 Å². The highest BCUT2D eigenvalue weighted by molar-refractivity contribution is 7.91. The molecule has 2 aromatic rings. The maximum Gasteiger partial charge on any atom is 0.410 e. The van der Waals surface area contributed by atoms with Gasteiger partial charge in [-0.15, -0.1) is 6.58 Å². The van der Waals surface area contributed by atoms with Crippen molar-refractivity contribution in [1.82, 2.24) is 10.2 Å². The molecule has 47 heavy (non-hydrogen) atoms. The Morgan fingerprint density at radius 1 is 1.13 bits per heavy atom. The predicted molar refractivity (Wildman–Crippen MR) is 177 cm³/mol. The SMILES string of the molecule is C=CC1(C(C(=O)NCCOC)N(C(=O)c2cccc3c2CN(C(=O)OC(C)(C)C)C3)c2ccc3c(c2)CCCS3(=O)=O)CCOCC1. The lowest BCUT2D eigenvalue weighted by molar-refractivity contribution is -0.126. The quantitative estimate of drug-likeness (QED) is 0.307. The number of methoxy groups -OCH3 is 1. The molecule has 254 valence electrons. The molecular formula is C35H45N3O8S. The van der Waals surface area contributed by atoms with E-state index in [1.165, 1.54) is 4.90 Å². The van der Waals surface area contributed by atoms with Gasteiger partial charge >= 0.3 is 6.09 Å². The highest BCUT2D eigenvalue weighted by Crippen LogP contribution is 2.42. The number of carbonyl (C=O) groups excluding carboxylic acids is 3. The maximum absolute atomic E-state index is 15.1. The molecule has 0 bridgehead atoms. The molecule has 3 amide bonds. The summed E-state index contributed by atoms with van der Waals surface area (Å²) < 4.78 is 42.3. The van der Waals surface area contributed by atoms with Crippen molar-refractivity contribution >= 4 is 33.4 Å². The Balaban J connectivity index is 1.65. The minimum absolute atomic E-state index is 0.0659. The van der Waals surface area contributed by atoms with Crippen molar-refractivity contribution in [2.75, 3.05) is 44.1 Å². The number of nitrogens with one attached hydrogen (secondary N) is 1. The lowest BCUT2D eigenvalue weighted by atomic mass is 9.72. The number of sulfone groups is 1. The van der Waals surface area contributed by atoms with Crippen molar-refractivity contribution in [3.8, 4) is 0 Å². The second-order valence-electron chi connectivity index (χ2n) is 13.4. The molecule has 1 saturated heterocycles. The van der Waals surface area contributed by atoms with E-state index in [9.17, 15) is 18.0 Å². The lowest BCUT2D eigenvalue weighted by Crippen LogP contribution is -2.59. The summed E-state index contributed by atoms with van der Waals surface area (Å²) >= 11 is 0. The fourth-order valence-corrected chi connectivity index (χ4v) is 8.30. The highest BCUT2D eigenvalue weighted by Gasteiger charge is 2.48. The highest BCUT2D eigenvalue weighted by atomic mass is 32.2. The first kappa shape index (κ1) is 34.6. The van der Waals surface area contributed by atoms with Crippen molar-refractivity contribution in [1.29, 1.82) is 0 Å². The second-order valence-corrected chi connectivity index (χ2v) is 15.5. The minimum Gasteiger partial charge on any atom is -0.444 e. The molecule has 2 aromatic carbocycles. The molecular weight excluding hydrogens is 622 g/mol. The lowest BCUT2D eigenvalue weighted by Gasteiger charge is -2.45. The van der Waals surface area contributed by atoms with Gasteiger partial charge in [0.1, 0.15) is 11.6 Å². The van der Waals surface area contributed by atoms with E-state index < -0.39 is 38.9 Å². The topological polar surface area (TPSA) is 132 Å². The first-order chi connectivity index (χ1) is 22.3. The van der Waals surface area contributed by atoms with E-state index in [4.69, 9.17) is 14.2 Å². The molecule has 3 aliphatic rings. The third-order valence-electron chi connectivity index (χ3n) is 9.09. The van der Waals surface area contributed by atoms with Gasteiger partial charge in [0.15, 0.2) is 9.84 Å². The van der Waals surface area contributed by atoms with E-state index in [-0.39, 0.29) is 42.8 Å². The maximum atomic E-state index is 15.1. The normalized spacial score (nSPS) is 18.8. The van der Waals surface area contributed by atoms with Crippen LogP contribution >= 0.6 is 0 Å². The molecule has 5 rings (SSSR count). The summed E-state index contributed by atoms with van der Waals surface area (Å²) in [4.78, 5) is 45.7. The summed E-state index contributed by atoms with van der Waals surface area (Å²) in [5, 5.41) is 2.96. The summed E-state index contributed by atoms with van der Waals surface area (Å²) in [5.41, 5.74) is 1.31. The van der Waals surface area contributed by atoms with Crippen LogP contribution in [0.2, 0.25) is 0 Å². The Morgan fingerprint density at radius 3 is 2.55 bits per heavy atom. The van der Waals surface area contributed by atoms with Gasteiger partial charge in [-0.3, -0.25) is 19.4 Å². The Kier molecular flexibility index (Phi) is 10.1. The van der Waals surface area contributed by atoms with Gasteiger partial charge in [0.2, 0.25) is 5.91 Å². The van der Waals surface area contributed by atoms with Crippen LogP contribution in [0.15, 0.2) is 53.9 Å². The fraction of sp³-hybridized carbons (Fsp3) is 0.514. The molecule has 0 spiro atoms. The molecule has 0 saturated carbocycles. The molecule has 1 N–H and O–H groups in total. The van der Waals surface area contributed by atoms with Crippen LogP contribution < -0.4 is 10.2 Å². The Bertz CT molecular complexity index is 1640. The van der Waals surface area contributed by atoms with Crippen LogP contribution in [0.5, 0.6) is 0 Å². The van der Waals surface area contributed by atoms with Gasteiger partial charge in [-0.2, -0.15) is 0 Å². The summed E-state index contributed by atoms with van der Waals surface area (Å²) in [6.45, 7) is 11.2. The van der Waals surface area contributed by atoms with E-state index in [2.05, 4.69) is 11.9 Å². The zero-order valence-corrected chi connectivity index (χ0v) is 28.5. The van der Waals surface area contributed by atoms with Crippen LogP contribution in [0.4, 0.5) is 10.5 Å². The van der Waals surface area contributed by atoms with Gasteiger partial charge < -0.3 is 19.5 Å². The number of hydrogen-bond donors (Lipinski definition) is 1. The van der Waals surface area contributed by atoms with Crippen molar-refractivity contribution in [2.45, 2.75) is 76.1 Å². The van der Waals surface area contributed by atoms with Crippen molar-refractivity contribution < 1.29 is 37.0 Å². The zero-order chi connectivity index (χ0) is 34.0. The van der Waals surface area contributed by atoms with Crippen LogP contribution in [0.25, 0.3) is 0 Å². The number of ether oxygens (including phenoxy) is 3. The van der Waals surface area contributed by atoms with Gasteiger partial charge in [-0.1, -0.05) is 18.2 Å². The Hall–Kier alpha value is -3.74. The molecule has 1 atom stereocenters. The molecule has 0 aliphatic carbocycles. The monoisotopic (exact) mass is 667 g/mol. The molecule has 0 aromatic heterocycles. The van der Waals surface area contributed by atoms with E-state index in [0.29, 0.717) is 61.3 Å². The number of amides is 3. The van der Waals surface area contributed by atoms with E-state index in [1.54, 1.807) is 69.2 Å². The third kappa shape index (κ3) is 7.24. The van der Waals surface area contributed by atoms with E-state index in [0.717, 1.165) is 5.56 Å². The average Bonchev–Trinajstić information content (AvgIpc) is 3.48. The van der Waals surface area contributed by atoms with Crippen LogP contribution in [0.1, 0.15) is 67.1 Å². The molecule has 11 nitrogen and oxygen atoms in total. The zero-order valence-electron chi connectivity index (χ0n) is 27.7. The summed E-state index contributed by atoms with van der Waals surface area (Å²) in [5.74, 6) is -0.757. The van der Waals surface area contributed by atoms with Crippen LogP contribution in [0.3, 0.4) is 0 Å². The number of anilines is 1. The number of nitrogens with zero attached hydrogens (tertiary/aromatic N) is 2. The van der Waals surface area contributed by atoms with Crippen molar-refractivity contribution in [2.24, 2.45) is 5.41 Å². The minimum atomic E-state index is -3.46. The molecule has 12 heteroatoms. The first-order valence-electron chi connectivity index (χ1n) is 16.1. The Morgan fingerprint density at radius 2 is 1.87 bits per heavy atom. The van der Waals surface area contributed by atoms with Crippen LogP contribution in [-0.4, -0.2) is 82.1 Å². The number of aryl methyl sites for hydroxylation is 1. The van der Waals surface area contributed by atoms with Crippen LogP contribution in [-0.2, 0) is 48.4 Å². The van der Waals surface area contributed by atoms with Gasteiger partial charge in [0.05, 0.1) is 23.8 Å². The van der Waals surface area contributed by atoms with Gasteiger partial charge in [0.25, 0.3) is 5.91 Å². The summed E-state index contributed by atoms with van der Waals surface area (Å²) in [6.07, 6.45) is 3.15. The molecule has 0 radical (unpaired) electrons. The van der Waals surface area contributed by atoms with Crippen molar-refractivity contribution in [3.05, 3.63) is 71.3 Å². The number of rotatable bonds is 9. The number of carbonyl (C=O) groups is 3. The molecule has 3 heterocycles. The van der Waals surface area contributed by atoms with Crippen LogP contribution in [0, 0.1) is 5.41 Å². The molecule has 1 unspecified atom stereocenters. The van der Waals surface area contributed by atoms with E-state index >= 15 is 4.79 Å². The fourth-order valence-electron chi connectivity index (χ4n) is 6.72. The predicted octanol–water partition coefficient (Wildman–Crippen LogP) is 4.42. The summed E-state index contributed by atoms with van der Waals surface area (Å²) in [6, 6.07) is 9.19. The standard InChI is InChI=1S/C35H45N3O8S/c1-6-35(14-17-45-18-15-35)30(31(39)36-16-19-44-5)38(26-12-13-29-24(21-26)10-8-20-47(29,42)43)32(40)27-11-7-9-25-22-37(23-28(25)27)33(41)46-34(2,3)4/h6-7,9,11-13,21,30H,1,8,10,14-20,22-23H2,2-5H3,(H,36,39). The molecule has 3 aliphatic heterocycles. The smallest absolute Gasteiger partial charge is 0.410 e. The first-order valence-corrected chi connectivity index (χ1v) is 17.7. The number of benzene rings is 2. The van der Waals surface area contributed by atoms with Gasteiger partial charge in [0, 0.05) is 50.1 Å². The average molecular weight is 668 g/mol. The largest absolute Gasteiger partial charge is 0.444 e. The summed E-state index contributed by atoms with van der Waals surface area (Å²) in [7, 11) is -1.92. The molecule has 1 fully saturated rings. The van der Waals surface area contributed by atoms with Gasteiger partial charge in [-0.25, -0.2) is 13.2 Å². The number of fused-ring (bicyclic) bond motifs is 2. The van der Waals surface area contributed by atoms with Crippen molar-refractivity contribution in [3.63, 3.8) is 0 Å². The third-order valence-corrected chi connectivity index (χ3v) is 11.0. The Labute approximate surface area is 277 Å². The van der Waals surface area contributed by atoms with Gasteiger partial charge in [-0.05, 0) is 87.4 Å². The second kappa shape index (κ2) is 13.8.